The molecular formula is C24H27N7O. The zero-order valence-corrected chi connectivity index (χ0v) is 18.7. The monoisotopic (exact) mass is 429 g/mol. The Hall–Kier alpha value is -3.52. The zero-order valence-electron chi connectivity index (χ0n) is 18.7. The molecule has 1 aromatic carbocycles. The Balaban J connectivity index is 1.33. The summed E-state index contributed by atoms with van der Waals surface area (Å²) < 4.78 is 7.52. The first kappa shape index (κ1) is 20.4. The van der Waals surface area contributed by atoms with Crippen LogP contribution >= 0.6 is 0 Å². The third-order valence-corrected chi connectivity index (χ3v) is 5.93. The number of likely N-dealkylation sites (N-methyl/N-ethyl adjacent to an activating group) is 1. The lowest BCUT2D eigenvalue weighted by Crippen LogP contribution is -2.44. The van der Waals surface area contributed by atoms with E-state index in [0.29, 0.717) is 23.8 Å². The first-order valence-corrected chi connectivity index (χ1v) is 10.9. The highest BCUT2D eigenvalue weighted by Crippen LogP contribution is 2.23. The van der Waals surface area contributed by atoms with Crippen LogP contribution in [0.3, 0.4) is 0 Å². The number of hydrogen-bond donors (Lipinski definition) is 0. The molecule has 0 aliphatic carbocycles. The van der Waals surface area contributed by atoms with Crippen LogP contribution in [0.15, 0.2) is 53.3 Å². The van der Waals surface area contributed by atoms with Gasteiger partial charge in [0.1, 0.15) is 17.3 Å². The Morgan fingerprint density at radius 2 is 1.75 bits per heavy atom. The minimum atomic E-state index is 0.426. The number of rotatable bonds is 5. The van der Waals surface area contributed by atoms with E-state index in [-0.39, 0.29) is 0 Å². The standard InChI is InChI=1S/C24H27N7O/c1-17-4-6-19(7-5-17)23-27-24(32-28-23)20-16-30(3)22(26-20)15-18-8-9-25-21(14-18)31-12-10-29(2)11-13-31/h4-9,14,16H,10-13,15H2,1-3H3. The molecule has 4 aromatic rings. The molecule has 0 bridgehead atoms. The van der Waals surface area contributed by atoms with Crippen molar-refractivity contribution in [3.8, 4) is 23.0 Å². The molecule has 1 fully saturated rings. The third kappa shape index (κ3) is 4.27. The Morgan fingerprint density at radius 3 is 2.53 bits per heavy atom. The summed E-state index contributed by atoms with van der Waals surface area (Å²) in [6, 6.07) is 12.3. The molecule has 164 valence electrons. The van der Waals surface area contributed by atoms with Gasteiger partial charge in [0.15, 0.2) is 0 Å². The van der Waals surface area contributed by atoms with Crippen LogP contribution in [-0.4, -0.2) is 62.8 Å². The molecule has 32 heavy (non-hydrogen) atoms. The van der Waals surface area contributed by atoms with Crippen LogP contribution in [0.2, 0.25) is 0 Å². The third-order valence-electron chi connectivity index (χ3n) is 5.93. The van der Waals surface area contributed by atoms with Gasteiger partial charge in [0.2, 0.25) is 5.82 Å². The van der Waals surface area contributed by atoms with Crippen LogP contribution in [0.1, 0.15) is 17.0 Å². The number of hydrogen-bond acceptors (Lipinski definition) is 7. The second kappa shape index (κ2) is 8.55. The Labute approximate surface area is 187 Å². The molecule has 3 aromatic heterocycles. The maximum absolute atomic E-state index is 5.50. The van der Waals surface area contributed by atoms with Gasteiger partial charge in [-0.15, -0.1) is 0 Å². The fourth-order valence-electron chi connectivity index (χ4n) is 3.88. The van der Waals surface area contributed by atoms with Crippen molar-refractivity contribution >= 4 is 5.82 Å². The molecule has 1 aliphatic rings. The first-order valence-electron chi connectivity index (χ1n) is 10.9. The number of piperazine rings is 1. The number of anilines is 1. The average molecular weight is 430 g/mol. The van der Waals surface area contributed by atoms with Crippen molar-refractivity contribution in [2.75, 3.05) is 38.1 Å². The molecule has 1 saturated heterocycles. The highest BCUT2D eigenvalue weighted by Gasteiger charge is 2.18. The van der Waals surface area contributed by atoms with Gasteiger partial charge in [0, 0.05) is 57.6 Å². The van der Waals surface area contributed by atoms with Gasteiger partial charge in [-0.1, -0.05) is 35.0 Å². The van der Waals surface area contributed by atoms with Crippen LogP contribution in [0.25, 0.3) is 23.0 Å². The molecule has 5 rings (SSSR count). The number of aromatic nitrogens is 5. The molecule has 0 saturated carbocycles. The van der Waals surface area contributed by atoms with Crippen molar-refractivity contribution in [2.45, 2.75) is 13.3 Å². The van der Waals surface area contributed by atoms with E-state index < -0.39 is 0 Å². The van der Waals surface area contributed by atoms with E-state index in [1.165, 1.54) is 11.1 Å². The van der Waals surface area contributed by atoms with Crippen molar-refractivity contribution in [3.05, 3.63) is 65.7 Å². The molecule has 1 aliphatic heterocycles. The molecule has 0 amide bonds. The first-order chi connectivity index (χ1) is 15.5. The van der Waals surface area contributed by atoms with Crippen molar-refractivity contribution in [1.82, 2.24) is 29.6 Å². The van der Waals surface area contributed by atoms with Crippen LogP contribution in [0.4, 0.5) is 5.82 Å². The van der Waals surface area contributed by atoms with Gasteiger partial charge in [0.25, 0.3) is 5.89 Å². The maximum Gasteiger partial charge on any atom is 0.278 e. The Bertz CT molecular complexity index is 1200. The van der Waals surface area contributed by atoms with Crippen LogP contribution in [0, 0.1) is 6.92 Å². The quantitative estimate of drug-likeness (QED) is 0.482. The van der Waals surface area contributed by atoms with Gasteiger partial charge in [-0.25, -0.2) is 9.97 Å². The van der Waals surface area contributed by atoms with E-state index in [0.717, 1.165) is 43.4 Å². The number of benzene rings is 1. The lowest BCUT2D eigenvalue weighted by Gasteiger charge is -2.33. The highest BCUT2D eigenvalue weighted by molar-refractivity contribution is 5.58. The van der Waals surface area contributed by atoms with E-state index in [4.69, 9.17) is 9.51 Å². The van der Waals surface area contributed by atoms with Gasteiger partial charge in [-0.05, 0) is 31.7 Å². The summed E-state index contributed by atoms with van der Waals surface area (Å²) in [5.74, 6) is 2.96. The van der Waals surface area contributed by atoms with Gasteiger partial charge in [0.05, 0.1) is 0 Å². The van der Waals surface area contributed by atoms with Gasteiger partial charge in [-0.3, -0.25) is 0 Å². The molecule has 0 unspecified atom stereocenters. The number of nitrogens with zero attached hydrogens (tertiary/aromatic N) is 7. The van der Waals surface area contributed by atoms with Crippen molar-refractivity contribution in [1.29, 1.82) is 0 Å². The average Bonchev–Trinajstić information content (AvgIpc) is 3.42. The zero-order chi connectivity index (χ0) is 22.1. The van der Waals surface area contributed by atoms with E-state index >= 15 is 0 Å². The molecule has 0 radical (unpaired) electrons. The van der Waals surface area contributed by atoms with E-state index in [2.05, 4.69) is 51.0 Å². The van der Waals surface area contributed by atoms with Crippen molar-refractivity contribution in [2.24, 2.45) is 7.05 Å². The molecule has 0 atom stereocenters. The second-order valence-corrected chi connectivity index (χ2v) is 8.43. The summed E-state index contributed by atoms with van der Waals surface area (Å²) in [5.41, 5.74) is 3.98. The molecule has 0 spiro atoms. The SMILES string of the molecule is Cc1ccc(-c2noc(-c3cn(C)c(Cc4ccnc(N5CCN(C)CC5)c4)n3)n2)cc1. The number of pyridine rings is 1. The molecule has 8 heteroatoms. The smallest absolute Gasteiger partial charge is 0.278 e. The summed E-state index contributed by atoms with van der Waals surface area (Å²) in [6.07, 6.45) is 4.53. The van der Waals surface area contributed by atoms with Gasteiger partial charge in [-0.2, -0.15) is 4.98 Å². The molecule has 4 heterocycles. The van der Waals surface area contributed by atoms with E-state index in [1.807, 2.05) is 48.3 Å². The van der Waals surface area contributed by atoms with Crippen molar-refractivity contribution in [3.63, 3.8) is 0 Å². The fraction of sp³-hybridized carbons (Fsp3) is 0.333. The van der Waals surface area contributed by atoms with Gasteiger partial charge >= 0.3 is 0 Å². The topological polar surface area (TPSA) is 76.1 Å². The number of imidazole rings is 1. The largest absolute Gasteiger partial charge is 0.354 e. The Kier molecular flexibility index (Phi) is 5.45. The highest BCUT2D eigenvalue weighted by atomic mass is 16.5. The predicted molar refractivity (Wildman–Crippen MR) is 123 cm³/mol. The number of aryl methyl sites for hydroxylation is 2. The second-order valence-electron chi connectivity index (χ2n) is 8.43. The lowest BCUT2D eigenvalue weighted by atomic mass is 10.1. The van der Waals surface area contributed by atoms with Crippen molar-refractivity contribution < 1.29 is 4.52 Å². The van der Waals surface area contributed by atoms with E-state index in [9.17, 15) is 0 Å². The molecule has 8 nitrogen and oxygen atoms in total. The summed E-state index contributed by atoms with van der Waals surface area (Å²) >= 11 is 0. The summed E-state index contributed by atoms with van der Waals surface area (Å²) in [4.78, 5) is 18.6. The van der Waals surface area contributed by atoms with E-state index in [1.54, 1.807) is 0 Å². The lowest BCUT2D eigenvalue weighted by molar-refractivity contribution is 0.312. The van der Waals surface area contributed by atoms with Gasteiger partial charge < -0.3 is 18.9 Å². The summed E-state index contributed by atoms with van der Waals surface area (Å²) in [5, 5.41) is 4.13. The van der Waals surface area contributed by atoms with Crippen LogP contribution in [0.5, 0.6) is 0 Å². The Morgan fingerprint density at radius 1 is 0.969 bits per heavy atom. The maximum atomic E-state index is 5.50. The minimum absolute atomic E-state index is 0.426. The summed E-state index contributed by atoms with van der Waals surface area (Å²) in [6.45, 7) is 6.17. The molecular weight excluding hydrogens is 402 g/mol. The predicted octanol–water partition coefficient (Wildman–Crippen LogP) is 3.18. The minimum Gasteiger partial charge on any atom is -0.354 e. The normalized spacial score (nSPS) is 14.8. The van der Waals surface area contributed by atoms with Crippen LogP contribution < -0.4 is 4.90 Å². The fourth-order valence-corrected chi connectivity index (χ4v) is 3.88. The summed E-state index contributed by atoms with van der Waals surface area (Å²) in [7, 11) is 4.15. The van der Waals surface area contributed by atoms with Crippen LogP contribution in [-0.2, 0) is 13.5 Å². The molecule has 0 N–H and O–H groups in total.